The first kappa shape index (κ1) is 20.8. The smallest absolute Gasteiger partial charge is 0.268 e. The SMILES string of the molecule is Cc1c(-c2nc(-c3ccc(Cl)cc3)no2)sc2ncn(CC(=O)NC3CCCC3)c(=O)c12. The molecule has 1 N–H and O–H groups in total. The number of nitrogens with one attached hydrogen (secondary N) is 1. The van der Waals surface area contributed by atoms with Crippen molar-refractivity contribution in [2.24, 2.45) is 0 Å². The fourth-order valence-corrected chi connectivity index (χ4v) is 5.19. The zero-order valence-electron chi connectivity index (χ0n) is 17.3. The number of aromatic nitrogens is 4. The standard InChI is InChI=1S/C22H20ClN5O3S/c1-12-17-21(24-11-28(22(17)30)10-16(29)25-15-4-2-3-5-15)32-18(12)20-26-19(27-31-20)13-6-8-14(23)9-7-13/h6-9,11,15H,2-5,10H2,1H3,(H,25,29). The molecule has 1 aliphatic carbocycles. The van der Waals surface area contributed by atoms with Crippen molar-refractivity contribution in [1.29, 1.82) is 0 Å². The Morgan fingerprint density at radius 2 is 2.03 bits per heavy atom. The first-order valence-electron chi connectivity index (χ1n) is 10.4. The van der Waals surface area contributed by atoms with Crippen molar-refractivity contribution < 1.29 is 9.32 Å². The van der Waals surface area contributed by atoms with Gasteiger partial charge in [0.05, 0.1) is 16.6 Å². The van der Waals surface area contributed by atoms with E-state index in [0.29, 0.717) is 37.4 Å². The van der Waals surface area contributed by atoms with Crippen LogP contribution < -0.4 is 10.9 Å². The normalized spacial score (nSPS) is 14.3. The molecule has 5 rings (SSSR count). The molecule has 0 radical (unpaired) electrons. The maximum absolute atomic E-state index is 13.1. The highest BCUT2D eigenvalue weighted by Gasteiger charge is 2.22. The van der Waals surface area contributed by atoms with Gasteiger partial charge in [-0.15, -0.1) is 11.3 Å². The topological polar surface area (TPSA) is 103 Å². The number of fused-ring (bicyclic) bond motifs is 1. The van der Waals surface area contributed by atoms with Gasteiger partial charge in [0.2, 0.25) is 11.7 Å². The molecule has 1 amide bonds. The van der Waals surface area contributed by atoms with E-state index in [9.17, 15) is 9.59 Å². The van der Waals surface area contributed by atoms with Crippen molar-refractivity contribution >= 4 is 39.1 Å². The predicted molar refractivity (Wildman–Crippen MR) is 123 cm³/mol. The third kappa shape index (κ3) is 3.93. The minimum absolute atomic E-state index is 0.0514. The summed E-state index contributed by atoms with van der Waals surface area (Å²) in [6, 6.07) is 7.34. The number of hydrogen-bond donors (Lipinski definition) is 1. The molecule has 4 aromatic rings. The van der Waals surface area contributed by atoms with Gasteiger partial charge in [0.1, 0.15) is 11.4 Å². The molecule has 10 heteroatoms. The lowest BCUT2D eigenvalue weighted by Crippen LogP contribution is -2.37. The molecule has 0 aliphatic heterocycles. The third-order valence-corrected chi connectivity index (χ3v) is 7.11. The summed E-state index contributed by atoms with van der Waals surface area (Å²) in [4.78, 5) is 35.6. The average molecular weight is 470 g/mol. The van der Waals surface area contributed by atoms with E-state index >= 15 is 0 Å². The Balaban J connectivity index is 1.44. The third-order valence-electron chi connectivity index (χ3n) is 5.67. The minimum atomic E-state index is -0.256. The number of aryl methyl sites for hydroxylation is 1. The van der Waals surface area contributed by atoms with E-state index < -0.39 is 0 Å². The number of carbonyl (C=O) groups excluding carboxylic acids is 1. The van der Waals surface area contributed by atoms with Gasteiger partial charge >= 0.3 is 0 Å². The van der Waals surface area contributed by atoms with Crippen molar-refractivity contribution in [1.82, 2.24) is 25.0 Å². The second-order valence-electron chi connectivity index (χ2n) is 7.89. The number of benzene rings is 1. The Labute approximate surface area is 192 Å². The Morgan fingerprint density at radius 1 is 1.28 bits per heavy atom. The number of thiophene rings is 1. The molecule has 3 aromatic heterocycles. The lowest BCUT2D eigenvalue weighted by Gasteiger charge is -2.12. The molecule has 32 heavy (non-hydrogen) atoms. The van der Waals surface area contributed by atoms with Crippen LogP contribution in [0.1, 0.15) is 31.2 Å². The number of nitrogens with zero attached hydrogens (tertiary/aromatic N) is 4. The molecule has 1 aliphatic rings. The Bertz CT molecular complexity index is 1350. The highest BCUT2D eigenvalue weighted by Crippen LogP contribution is 2.35. The van der Waals surface area contributed by atoms with Gasteiger partial charge in [0.15, 0.2) is 0 Å². The van der Waals surface area contributed by atoms with Crippen molar-refractivity contribution in [2.45, 2.75) is 45.2 Å². The van der Waals surface area contributed by atoms with E-state index in [1.54, 1.807) is 12.1 Å². The molecule has 0 spiro atoms. The average Bonchev–Trinajstić information content (AvgIpc) is 3.51. The zero-order chi connectivity index (χ0) is 22.2. The van der Waals surface area contributed by atoms with Crippen molar-refractivity contribution in [2.75, 3.05) is 0 Å². The summed E-state index contributed by atoms with van der Waals surface area (Å²) in [5, 5.41) is 8.14. The van der Waals surface area contributed by atoms with E-state index in [0.717, 1.165) is 31.2 Å². The fraction of sp³-hybridized carbons (Fsp3) is 0.318. The number of carbonyl (C=O) groups is 1. The van der Waals surface area contributed by atoms with Gasteiger partial charge in [0, 0.05) is 16.6 Å². The summed E-state index contributed by atoms with van der Waals surface area (Å²) < 4.78 is 6.82. The van der Waals surface area contributed by atoms with Gasteiger partial charge in [-0.2, -0.15) is 4.98 Å². The van der Waals surface area contributed by atoms with Crippen molar-refractivity contribution in [3.63, 3.8) is 0 Å². The zero-order valence-corrected chi connectivity index (χ0v) is 18.9. The van der Waals surface area contributed by atoms with E-state index in [1.165, 1.54) is 22.2 Å². The highest BCUT2D eigenvalue weighted by molar-refractivity contribution is 7.22. The quantitative estimate of drug-likeness (QED) is 0.470. The van der Waals surface area contributed by atoms with Gasteiger partial charge in [-0.3, -0.25) is 14.2 Å². The van der Waals surface area contributed by atoms with Gasteiger partial charge in [-0.05, 0) is 49.6 Å². The van der Waals surface area contributed by atoms with Gasteiger partial charge in [-0.25, -0.2) is 4.98 Å². The first-order chi connectivity index (χ1) is 15.5. The molecule has 0 bridgehead atoms. The molecule has 0 unspecified atom stereocenters. The fourth-order valence-electron chi connectivity index (χ4n) is 4.01. The molecule has 8 nitrogen and oxygen atoms in total. The van der Waals surface area contributed by atoms with Crippen LogP contribution >= 0.6 is 22.9 Å². The summed E-state index contributed by atoms with van der Waals surface area (Å²) in [6.45, 7) is 1.77. The van der Waals surface area contributed by atoms with E-state index in [-0.39, 0.29) is 24.1 Å². The molecule has 1 fully saturated rings. The number of amides is 1. The van der Waals surface area contributed by atoms with Crippen LogP contribution in [0.4, 0.5) is 0 Å². The first-order valence-corrected chi connectivity index (χ1v) is 11.6. The summed E-state index contributed by atoms with van der Waals surface area (Å²) in [7, 11) is 0. The van der Waals surface area contributed by atoms with Crippen LogP contribution in [0.3, 0.4) is 0 Å². The van der Waals surface area contributed by atoms with Crippen LogP contribution in [0.2, 0.25) is 5.02 Å². The molecular weight excluding hydrogens is 450 g/mol. The van der Waals surface area contributed by atoms with Crippen molar-refractivity contribution in [3.8, 4) is 22.2 Å². The molecule has 3 heterocycles. The highest BCUT2D eigenvalue weighted by atomic mass is 35.5. The van der Waals surface area contributed by atoms with Crippen LogP contribution in [0.15, 0.2) is 39.9 Å². The maximum Gasteiger partial charge on any atom is 0.268 e. The maximum atomic E-state index is 13.1. The largest absolute Gasteiger partial charge is 0.352 e. The van der Waals surface area contributed by atoms with E-state index in [4.69, 9.17) is 16.1 Å². The van der Waals surface area contributed by atoms with Crippen LogP contribution in [0.5, 0.6) is 0 Å². The Kier molecular flexibility index (Phi) is 5.52. The number of rotatable bonds is 5. The molecule has 1 aromatic carbocycles. The van der Waals surface area contributed by atoms with Gasteiger partial charge in [-0.1, -0.05) is 29.6 Å². The lowest BCUT2D eigenvalue weighted by atomic mass is 10.2. The van der Waals surface area contributed by atoms with Crippen LogP contribution in [-0.4, -0.2) is 31.6 Å². The second kappa shape index (κ2) is 8.48. The van der Waals surface area contributed by atoms with Crippen LogP contribution in [0.25, 0.3) is 32.4 Å². The molecule has 0 atom stereocenters. The molecule has 0 saturated heterocycles. The Morgan fingerprint density at radius 3 is 2.78 bits per heavy atom. The predicted octanol–water partition coefficient (Wildman–Crippen LogP) is 4.20. The van der Waals surface area contributed by atoms with E-state index in [1.807, 2.05) is 19.1 Å². The van der Waals surface area contributed by atoms with Gasteiger partial charge in [0.25, 0.3) is 11.4 Å². The summed E-state index contributed by atoms with van der Waals surface area (Å²) in [5.41, 5.74) is 1.23. The number of halogens is 1. The summed E-state index contributed by atoms with van der Waals surface area (Å²) in [5.74, 6) is 0.584. The second-order valence-corrected chi connectivity index (χ2v) is 9.33. The van der Waals surface area contributed by atoms with Crippen molar-refractivity contribution in [3.05, 3.63) is 51.5 Å². The summed E-state index contributed by atoms with van der Waals surface area (Å²) >= 11 is 7.25. The van der Waals surface area contributed by atoms with E-state index in [2.05, 4.69) is 20.4 Å². The molecule has 1 saturated carbocycles. The summed E-state index contributed by atoms with van der Waals surface area (Å²) in [6.07, 6.45) is 5.67. The molecule has 164 valence electrons. The number of hydrogen-bond acceptors (Lipinski definition) is 7. The van der Waals surface area contributed by atoms with Gasteiger partial charge < -0.3 is 9.84 Å². The van der Waals surface area contributed by atoms with Crippen LogP contribution in [-0.2, 0) is 11.3 Å². The van der Waals surface area contributed by atoms with Crippen LogP contribution in [0, 0.1) is 6.92 Å². The Hall–Kier alpha value is -3.04. The molecular formula is C22H20ClN5O3S. The monoisotopic (exact) mass is 469 g/mol. The minimum Gasteiger partial charge on any atom is -0.352 e. The lowest BCUT2D eigenvalue weighted by molar-refractivity contribution is -0.122.